The fourth-order valence-electron chi connectivity index (χ4n) is 2.84. The van der Waals surface area contributed by atoms with Crippen molar-refractivity contribution >= 4 is 18.0 Å². The highest BCUT2D eigenvalue weighted by Crippen LogP contribution is 2.45. The van der Waals surface area contributed by atoms with Crippen LogP contribution in [0, 0.1) is 11.3 Å². The lowest BCUT2D eigenvalue weighted by atomic mass is 10.1. The number of hydroxylamine groups is 2. The standard InChI is InChI=1S/C21H31N3O4/c1-16(2)8-7-11-18(25)24(28)20(27)23(15-21(3)12-13-21)19(26)22-14-17-9-5-4-6-10-17/h4-6,9-10,16,28H,7-8,11-15H2,1-3H3,(H,22,26). The van der Waals surface area contributed by atoms with Crippen molar-refractivity contribution in [2.45, 2.75) is 59.4 Å². The maximum atomic E-state index is 12.7. The Bertz CT molecular complexity index is 686. The maximum absolute atomic E-state index is 12.7. The fourth-order valence-corrected chi connectivity index (χ4v) is 2.84. The van der Waals surface area contributed by atoms with Gasteiger partial charge in [0.1, 0.15) is 0 Å². The van der Waals surface area contributed by atoms with Gasteiger partial charge in [-0.15, -0.1) is 5.06 Å². The van der Waals surface area contributed by atoms with Gasteiger partial charge in [-0.3, -0.25) is 10.0 Å². The minimum Gasteiger partial charge on any atom is -0.333 e. The molecule has 7 heteroatoms. The van der Waals surface area contributed by atoms with E-state index in [1.807, 2.05) is 51.1 Å². The van der Waals surface area contributed by atoms with Gasteiger partial charge in [-0.1, -0.05) is 57.5 Å². The second-order valence-electron chi connectivity index (χ2n) is 8.32. The third-order valence-corrected chi connectivity index (χ3v) is 5.00. The highest BCUT2D eigenvalue weighted by Gasteiger charge is 2.43. The van der Waals surface area contributed by atoms with Crippen molar-refractivity contribution < 1.29 is 19.6 Å². The average Bonchev–Trinajstić information content (AvgIpc) is 3.40. The molecule has 5 amide bonds. The number of nitrogens with one attached hydrogen (secondary N) is 1. The molecule has 0 aliphatic heterocycles. The van der Waals surface area contributed by atoms with Crippen molar-refractivity contribution in [2.75, 3.05) is 6.54 Å². The molecular weight excluding hydrogens is 358 g/mol. The van der Waals surface area contributed by atoms with Gasteiger partial charge in [0, 0.05) is 19.5 Å². The van der Waals surface area contributed by atoms with Crippen LogP contribution in [-0.2, 0) is 11.3 Å². The number of hydrogen-bond acceptors (Lipinski definition) is 4. The Kier molecular flexibility index (Phi) is 7.57. The minimum atomic E-state index is -0.992. The Hall–Kier alpha value is -2.41. The van der Waals surface area contributed by atoms with Crippen LogP contribution < -0.4 is 5.32 Å². The van der Waals surface area contributed by atoms with Gasteiger partial charge in [0.2, 0.25) is 0 Å². The van der Waals surface area contributed by atoms with Crippen LogP contribution in [0.2, 0.25) is 0 Å². The summed E-state index contributed by atoms with van der Waals surface area (Å²) >= 11 is 0. The lowest BCUT2D eigenvalue weighted by molar-refractivity contribution is -0.154. The normalized spacial score (nSPS) is 14.5. The molecule has 1 aliphatic carbocycles. The molecule has 0 heterocycles. The van der Waals surface area contributed by atoms with Gasteiger partial charge in [0.25, 0.3) is 5.91 Å². The second kappa shape index (κ2) is 9.68. The molecule has 28 heavy (non-hydrogen) atoms. The van der Waals surface area contributed by atoms with Gasteiger partial charge in [0.05, 0.1) is 0 Å². The largest absolute Gasteiger partial charge is 0.359 e. The summed E-state index contributed by atoms with van der Waals surface area (Å²) in [7, 11) is 0. The molecule has 0 saturated heterocycles. The molecule has 0 spiro atoms. The third kappa shape index (κ3) is 6.64. The van der Waals surface area contributed by atoms with E-state index in [4.69, 9.17) is 0 Å². The van der Waals surface area contributed by atoms with Gasteiger partial charge in [-0.2, -0.15) is 0 Å². The molecule has 2 rings (SSSR count). The summed E-state index contributed by atoms with van der Waals surface area (Å²) in [6, 6.07) is 7.73. The van der Waals surface area contributed by atoms with Crippen molar-refractivity contribution in [3.05, 3.63) is 35.9 Å². The van der Waals surface area contributed by atoms with Gasteiger partial charge in [0.15, 0.2) is 0 Å². The Morgan fingerprint density at radius 3 is 2.39 bits per heavy atom. The van der Waals surface area contributed by atoms with Gasteiger partial charge >= 0.3 is 12.1 Å². The number of benzene rings is 1. The van der Waals surface area contributed by atoms with Crippen LogP contribution in [0.3, 0.4) is 0 Å². The smallest absolute Gasteiger partial charge is 0.333 e. The van der Waals surface area contributed by atoms with E-state index in [1.54, 1.807) is 0 Å². The number of carbonyl (C=O) groups is 3. The van der Waals surface area contributed by atoms with E-state index >= 15 is 0 Å². The van der Waals surface area contributed by atoms with Crippen molar-refractivity contribution in [1.82, 2.24) is 15.3 Å². The van der Waals surface area contributed by atoms with E-state index in [0.717, 1.165) is 29.7 Å². The lowest BCUT2D eigenvalue weighted by Gasteiger charge is -2.27. The van der Waals surface area contributed by atoms with E-state index in [2.05, 4.69) is 5.32 Å². The number of imide groups is 2. The predicted molar refractivity (Wildman–Crippen MR) is 105 cm³/mol. The zero-order valence-corrected chi connectivity index (χ0v) is 17.0. The molecule has 1 aromatic rings. The van der Waals surface area contributed by atoms with Crippen molar-refractivity contribution in [3.63, 3.8) is 0 Å². The highest BCUT2D eigenvalue weighted by molar-refractivity contribution is 6.00. The molecule has 1 saturated carbocycles. The number of hydrogen-bond donors (Lipinski definition) is 2. The number of nitrogens with zero attached hydrogens (tertiary/aromatic N) is 2. The SMILES string of the molecule is CC(C)CCCC(=O)N(O)C(=O)N(CC1(C)CC1)C(=O)NCc1ccccc1. The molecule has 1 aromatic carbocycles. The zero-order chi connectivity index (χ0) is 20.7. The Labute approximate surface area is 166 Å². The molecule has 1 fully saturated rings. The fraction of sp³-hybridized carbons (Fsp3) is 0.571. The summed E-state index contributed by atoms with van der Waals surface area (Å²) in [5.74, 6) is -0.252. The van der Waals surface area contributed by atoms with E-state index < -0.39 is 18.0 Å². The number of amides is 5. The first-order valence-corrected chi connectivity index (χ1v) is 9.87. The lowest BCUT2D eigenvalue weighted by Crippen LogP contribution is -2.52. The van der Waals surface area contributed by atoms with Gasteiger partial charge in [-0.05, 0) is 36.2 Å². The first-order chi connectivity index (χ1) is 13.2. The van der Waals surface area contributed by atoms with E-state index in [0.29, 0.717) is 12.3 Å². The number of rotatable bonds is 8. The third-order valence-electron chi connectivity index (χ3n) is 5.00. The Morgan fingerprint density at radius 1 is 1.18 bits per heavy atom. The number of carbonyl (C=O) groups excluding carboxylic acids is 3. The molecule has 2 N–H and O–H groups in total. The van der Waals surface area contributed by atoms with Crippen molar-refractivity contribution in [1.29, 1.82) is 0 Å². The van der Waals surface area contributed by atoms with Crippen LogP contribution >= 0.6 is 0 Å². The molecule has 0 unspecified atom stereocenters. The van der Waals surface area contributed by atoms with E-state index in [9.17, 15) is 19.6 Å². The molecule has 0 aromatic heterocycles. The monoisotopic (exact) mass is 389 g/mol. The van der Waals surface area contributed by atoms with Gasteiger partial charge in [-0.25, -0.2) is 14.5 Å². The summed E-state index contributed by atoms with van der Waals surface area (Å²) in [6.07, 6.45) is 3.27. The predicted octanol–water partition coefficient (Wildman–Crippen LogP) is 4.16. The average molecular weight is 389 g/mol. The summed E-state index contributed by atoms with van der Waals surface area (Å²) in [6.45, 7) is 6.49. The van der Waals surface area contributed by atoms with Crippen LogP contribution in [0.5, 0.6) is 0 Å². The summed E-state index contributed by atoms with van der Waals surface area (Å²) < 4.78 is 0. The Morgan fingerprint density at radius 2 is 1.82 bits per heavy atom. The highest BCUT2D eigenvalue weighted by atomic mass is 16.5. The minimum absolute atomic E-state index is 0.0666. The number of urea groups is 2. The molecule has 0 bridgehead atoms. The van der Waals surface area contributed by atoms with Crippen molar-refractivity contribution in [2.24, 2.45) is 11.3 Å². The topological polar surface area (TPSA) is 90.0 Å². The Balaban J connectivity index is 1.99. The maximum Gasteiger partial charge on any atom is 0.359 e. The van der Waals surface area contributed by atoms with Crippen LogP contribution in [0.15, 0.2) is 30.3 Å². The molecule has 154 valence electrons. The van der Waals surface area contributed by atoms with Gasteiger partial charge < -0.3 is 5.32 Å². The van der Waals surface area contributed by atoms with Crippen LogP contribution in [-0.4, -0.2) is 39.7 Å². The van der Waals surface area contributed by atoms with Crippen LogP contribution in [0.25, 0.3) is 0 Å². The van der Waals surface area contributed by atoms with E-state index in [-0.39, 0.29) is 30.0 Å². The molecule has 1 aliphatic rings. The van der Waals surface area contributed by atoms with Crippen LogP contribution in [0.4, 0.5) is 9.59 Å². The molecule has 0 radical (unpaired) electrons. The van der Waals surface area contributed by atoms with E-state index in [1.165, 1.54) is 0 Å². The summed E-state index contributed by atoms with van der Waals surface area (Å²) in [5, 5.41) is 12.9. The zero-order valence-electron chi connectivity index (χ0n) is 17.0. The molecular formula is C21H31N3O4. The molecule has 0 atom stereocenters. The first-order valence-electron chi connectivity index (χ1n) is 9.87. The molecule has 7 nitrogen and oxygen atoms in total. The first kappa shape index (κ1) is 21.9. The summed E-state index contributed by atoms with van der Waals surface area (Å²) in [4.78, 5) is 38.4. The van der Waals surface area contributed by atoms with Crippen molar-refractivity contribution in [3.8, 4) is 0 Å². The quantitative estimate of drug-likeness (QED) is 0.516. The second-order valence-corrected chi connectivity index (χ2v) is 8.32. The summed E-state index contributed by atoms with van der Waals surface area (Å²) in [5.41, 5.74) is 0.743. The van der Waals surface area contributed by atoms with Crippen LogP contribution in [0.1, 0.15) is 58.4 Å².